The molecule has 0 bridgehead atoms. The van der Waals surface area contributed by atoms with E-state index in [4.69, 9.17) is 0 Å². The van der Waals surface area contributed by atoms with Crippen molar-refractivity contribution in [3.8, 4) is 5.75 Å². The highest BCUT2D eigenvalue weighted by molar-refractivity contribution is 5.84. The van der Waals surface area contributed by atoms with E-state index in [9.17, 15) is 14.7 Å². The zero-order chi connectivity index (χ0) is 27.5. The van der Waals surface area contributed by atoms with Gasteiger partial charge in [-0.05, 0) is 55.0 Å². The fraction of sp³-hybridized carbons (Fsp3) is 0.533. The zero-order valence-electron chi connectivity index (χ0n) is 23.5. The minimum atomic E-state index is -0.480. The molecule has 2 aromatic carbocycles. The van der Waals surface area contributed by atoms with E-state index in [1.165, 1.54) is 13.5 Å². The van der Waals surface area contributed by atoms with Gasteiger partial charge < -0.3 is 20.6 Å². The van der Waals surface area contributed by atoms with Crippen LogP contribution in [0, 0.1) is 5.92 Å². The van der Waals surface area contributed by atoms with Crippen LogP contribution in [-0.2, 0) is 16.1 Å². The third kappa shape index (κ3) is 10.4. The molecule has 0 saturated carbocycles. The van der Waals surface area contributed by atoms with Gasteiger partial charge in [0, 0.05) is 19.6 Å². The van der Waals surface area contributed by atoms with Crippen molar-refractivity contribution in [2.24, 2.45) is 11.7 Å². The van der Waals surface area contributed by atoms with E-state index in [1.807, 2.05) is 61.2 Å². The molecule has 0 aromatic heterocycles. The van der Waals surface area contributed by atoms with Crippen LogP contribution in [0.5, 0.6) is 5.75 Å². The number of rotatable bonds is 7. The Balaban J connectivity index is 0.00000159. The number of carbonyl (C=O) groups excluding carboxylic acids is 2. The molecule has 1 aliphatic heterocycles. The van der Waals surface area contributed by atoms with Gasteiger partial charge in [-0.1, -0.05) is 90.4 Å². The SMILES string of the molecule is CC.CCC.CCCN(Cc1ccccc1)C(=O)[C@H]1CC(c2cccc(O)c2)[C@@H](C)CN1C=O.CN. The van der Waals surface area contributed by atoms with Crippen molar-refractivity contribution in [3.63, 3.8) is 0 Å². The Hall–Kier alpha value is -2.86. The van der Waals surface area contributed by atoms with E-state index >= 15 is 0 Å². The summed E-state index contributed by atoms with van der Waals surface area (Å²) in [4.78, 5) is 28.8. The summed E-state index contributed by atoms with van der Waals surface area (Å²) >= 11 is 0. The first kappa shape index (κ1) is 33.1. The van der Waals surface area contributed by atoms with Crippen molar-refractivity contribution in [2.45, 2.75) is 79.3 Å². The summed E-state index contributed by atoms with van der Waals surface area (Å²) in [6, 6.07) is 16.7. The molecule has 0 radical (unpaired) electrons. The average molecular weight is 500 g/mol. The second-order valence-electron chi connectivity index (χ2n) is 8.68. The van der Waals surface area contributed by atoms with Crippen molar-refractivity contribution in [1.82, 2.24) is 9.80 Å². The summed E-state index contributed by atoms with van der Waals surface area (Å²) in [6.07, 6.45) is 3.49. The number of piperidine rings is 1. The molecule has 2 aromatic rings. The fourth-order valence-corrected chi connectivity index (χ4v) is 4.33. The summed E-state index contributed by atoms with van der Waals surface area (Å²) in [7, 11) is 1.50. The van der Waals surface area contributed by atoms with Crippen LogP contribution >= 0.6 is 0 Å². The highest BCUT2D eigenvalue weighted by Gasteiger charge is 2.39. The number of likely N-dealkylation sites (tertiary alicyclic amines) is 1. The van der Waals surface area contributed by atoms with Gasteiger partial charge in [0.2, 0.25) is 12.3 Å². The van der Waals surface area contributed by atoms with Crippen LogP contribution in [0.2, 0.25) is 0 Å². The van der Waals surface area contributed by atoms with Gasteiger partial charge in [-0.15, -0.1) is 0 Å². The second-order valence-corrected chi connectivity index (χ2v) is 8.68. The molecule has 1 heterocycles. The number of aromatic hydroxyl groups is 1. The van der Waals surface area contributed by atoms with E-state index < -0.39 is 6.04 Å². The van der Waals surface area contributed by atoms with Crippen molar-refractivity contribution >= 4 is 12.3 Å². The quantitative estimate of drug-likeness (QED) is 0.472. The maximum atomic E-state index is 13.5. The Kier molecular flexibility index (Phi) is 17.8. The number of nitrogens with two attached hydrogens (primary N) is 1. The summed E-state index contributed by atoms with van der Waals surface area (Å²) in [5.41, 5.74) is 6.60. The van der Waals surface area contributed by atoms with Gasteiger partial charge in [0.1, 0.15) is 11.8 Å². The second kappa shape index (κ2) is 19.3. The lowest BCUT2D eigenvalue weighted by atomic mass is 9.78. The number of carbonyl (C=O) groups is 2. The summed E-state index contributed by atoms with van der Waals surface area (Å²) in [5.74, 6) is 0.555. The molecule has 3 atom stereocenters. The van der Waals surface area contributed by atoms with Crippen LogP contribution in [-0.4, -0.2) is 53.4 Å². The third-order valence-corrected chi connectivity index (χ3v) is 5.80. The van der Waals surface area contributed by atoms with Gasteiger partial charge in [0.15, 0.2) is 0 Å². The first-order valence-corrected chi connectivity index (χ1v) is 13.3. The number of hydrogen-bond donors (Lipinski definition) is 2. The van der Waals surface area contributed by atoms with E-state index in [-0.39, 0.29) is 23.5 Å². The van der Waals surface area contributed by atoms with Crippen LogP contribution in [0.15, 0.2) is 54.6 Å². The number of amides is 2. The van der Waals surface area contributed by atoms with Gasteiger partial charge in [-0.2, -0.15) is 0 Å². The molecule has 1 saturated heterocycles. The standard InChI is InChI=1S/C24H30N2O3.C3H8.C2H6.CH5N/c1-3-12-25(16-19-8-5-4-6-9-19)24(29)23-14-22(18(2)15-26(23)17-27)20-10-7-11-21(28)13-20;1-3-2;2*1-2/h4-11,13,17-18,22-23,28H,3,12,14-16H2,1-2H3;3H2,1-2H3;1-2H3;2H2,1H3/t18-,22?,23+;;;/m0.../s1. The van der Waals surface area contributed by atoms with Gasteiger partial charge >= 0.3 is 0 Å². The summed E-state index contributed by atoms with van der Waals surface area (Å²) in [6.45, 7) is 14.1. The molecule has 6 heteroatoms. The van der Waals surface area contributed by atoms with E-state index in [2.05, 4.69) is 33.4 Å². The van der Waals surface area contributed by atoms with E-state index in [0.29, 0.717) is 26.1 Å². The monoisotopic (exact) mass is 499 g/mol. The predicted molar refractivity (Wildman–Crippen MR) is 151 cm³/mol. The lowest BCUT2D eigenvalue weighted by Crippen LogP contribution is -2.53. The Labute approximate surface area is 219 Å². The molecule has 6 nitrogen and oxygen atoms in total. The Morgan fingerprint density at radius 1 is 1.08 bits per heavy atom. The molecular formula is C30H49N3O3. The van der Waals surface area contributed by atoms with E-state index in [1.54, 1.807) is 17.0 Å². The molecule has 202 valence electrons. The molecule has 1 unspecified atom stereocenters. The molecule has 1 fully saturated rings. The Bertz CT molecular complexity index is 844. The molecule has 0 spiro atoms. The Morgan fingerprint density at radius 2 is 1.69 bits per heavy atom. The molecule has 0 aliphatic carbocycles. The van der Waals surface area contributed by atoms with Gasteiger partial charge in [-0.25, -0.2) is 0 Å². The molecule has 36 heavy (non-hydrogen) atoms. The van der Waals surface area contributed by atoms with Gasteiger partial charge in [-0.3, -0.25) is 9.59 Å². The zero-order valence-corrected chi connectivity index (χ0v) is 23.5. The maximum absolute atomic E-state index is 13.5. The van der Waals surface area contributed by atoms with Gasteiger partial charge in [0.25, 0.3) is 0 Å². The van der Waals surface area contributed by atoms with Gasteiger partial charge in [0.05, 0.1) is 0 Å². The number of hydrogen-bond acceptors (Lipinski definition) is 4. The summed E-state index contributed by atoms with van der Waals surface area (Å²) in [5, 5.41) is 9.88. The van der Waals surface area contributed by atoms with Crippen molar-refractivity contribution in [2.75, 3.05) is 20.1 Å². The van der Waals surface area contributed by atoms with Crippen molar-refractivity contribution in [1.29, 1.82) is 0 Å². The first-order chi connectivity index (χ1) is 17.4. The summed E-state index contributed by atoms with van der Waals surface area (Å²) < 4.78 is 0. The highest BCUT2D eigenvalue weighted by Crippen LogP contribution is 2.37. The topological polar surface area (TPSA) is 86.9 Å². The smallest absolute Gasteiger partial charge is 0.245 e. The number of phenols is 1. The van der Waals surface area contributed by atoms with Crippen LogP contribution in [0.3, 0.4) is 0 Å². The number of benzene rings is 2. The lowest BCUT2D eigenvalue weighted by Gasteiger charge is -2.42. The fourth-order valence-electron chi connectivity index (χ4n) is 4.33. The van der Waals surface area contributed by atoms with E-state index in [0.717, 1.165) is 24.0 Å². The molecule has 2 amide bonds. The lowest BCUT2D eigenvalue weighted by molar-refractivity contribution is -0.144. The third-order valence-electron chi connectivity index (χ3n) is 5.80. The van der Waals surface area contributed by atoms with Crippen molar-refractivity contribution in [3.05, 3.63) is 65.7 Å². The molecular weight excluding hydrogens is 450 g/mol. The average Bonchev–Trinajstić information content (AvgIpc) is 2.91. The molecule has 3 rings (SSSR count). The number of nitrogens with zero attached hydrogens (tertiary/aromatic N) is 2. The van der Waals surface area contributed by atoms with Crippen LogP contribution in [0.1, 0.15) is 77.8 Å². The minimum Gasteiger partial charge on any atom is -0.508 e. The Morgan fingerprint density at radius 3 is 2.22 bits per heavy atom. The molecule has 3 N–H and O–H groups in total. The van der Waals surface area contributed by atoms with Crippen LogP contribution < -0.4 is 5.73 Å². The maximum Gasteiger partial charge on any atom is 0.245 e. The van der Waals surface area contributed by atoms with Crippen LogP contribution in [0.4, 0.5) is 0 Å². The molecule has 1 aliphatic rings. The minimum absolute atomic E-state index is 0.000133. The highest BCUT2D eigenvalue weighted by atomic mass is 16.3. The predicted octanol–water partition coefficient (Wildman–Crippen LogP) is 5.80. The normalized spacial score (nSPS) is 18.2. The first-order valence-electron chi connectivity index (χ1n) is 13.3. The largest absolute Gasteiger partial charge is 0.508 e. The van der Waals surface area contributed by atoms with Crippen LogP contribution in [0.25, 0.3) is 0 Å². The number of phenolic OH excluding ortho intramolecular Hbond substituents is 1. The van der Waals surface area contributed by atoms with Crippen molar-refractivity contribution < 1.29 is 14.7 Å².